The second kappa shape index (κ2) is 8.39. The van der Waals surface area contributed by atoms with Crippen LogP contribution in [0.25, 0.3) is 4.96 Å². The first kappa shape index (κ1) is 19.2. The van der Waals surface area contributed by atoms with E-state index in [4.69, 9.17) is 9.47 Å². The number of ether oxygens (including phenoxy) is 2. The van der Waals surface area contributed by atoms with E-state index < -0.39 is 0 Å². The van der Waals surface area contributed by atoms with Crippen molar-refractivity contribution in [1.82, 2.24) is 14.6 Å². The van der Waals surface area contributed by atoms with E-state index in [0.29, 0.717) is 30.3 Å². The first-order chi connectivity index (χ1) is 13.0. The van der Waals surface area contributed by atoms with Crippen molar-refractivity contribution in [1.29, 1.82) is 0 Å². The largest absolute Gasteiger partial charge is 0.490 e. The molecule has 2 aromatic heterocycles. The Labute approximate surface area is 162 Å². The number of thiazole rings is 1. The summed E-state index contributed by atoms with van der Waals surface area (Å²) in [6, 6.07) is 5.17. The maximum absolute atomic E-state index is 12.6. The Morgan fingerprint density at radius 2 is 2.04 bits per heavy atom. The highest BCUT2D eigenvalue weighted by molar-refractivity contribution is 7.17. The molecule has 27 heavy (non-hydrogen) atoms. The van der Waals surface area contributed by atoms with Gasteiger partial charge in [-0.15, -0.1) is 5.10 Å². The number of rotatable bonds is 8. The molecule has 0 fully saturated rings. The van der Waals surface area contributed by atoms with Gasteiger partial charge in [0.25, 0.3) is 11.9 Å². The van der Waals surface area contributed by atoms with Crippen LogP contribution in [-0.2, 0) is 0 Å². The van der Waals surface area contributed by atoms with Crippen LogP contribution in [0.15, 0.2) is 18.2 Å². The van der Waals surface area contributed by atoms with Crippen LogP contribution in [0, 0.1) is 13.8 Å². The van der Waals surface area contributed by atoms with E-state index >= 15 is 0 Å². The topological polar surface area (TPSA) is 77.8 Å². The van der Waals surface area contributed by atoms with Crippen molar-refractivity contribution in [2.24, 2.45) is 0 Å². The number of unbranched alkanes of at least 4 members (excludes halogenated alkanes) is 1. The van der Waals surface area contributed by atoms with Crippen molar-refractivity contribution < 1.29 is 14.3 Å². The van der Waals surface area contributed by atoms with E-state index in [-0.39, 0.29) is 11.9 Å². The molecular weight excluding hydrogens is 364 g/mol. The highest BCUT2D eigenvalue weighted by Crippen LogP contribution is 2.29. The summed E-state index contributed by atoms with van der Waals surface area (Å²) in [7, 11) is 0. The maximum Gasteiger partial charge on any atom is 0.258 e. The van der Waals surface area contributed by atoms with Crippen molar-refractivity contribution in [3.05, 3.63) is 34.3 Å². The van der Waals surface area contributed by atoms with Crippen molar-refractivity contribution in [3.8, 4) is 11.5 Å². The van der Waals surface area contributed by atoms with E-state index in [1.54, 1.807) is 34.1 Å². The summed E-state index contributed by atoms with van der Waals surface area (Å²) in [5.74, 6) is 1.21. The zero-order chi connectivity index (χ0) is 19.4. The lowest BCUT2D eigenvalue weighted by atomic mass is 10.2. The van der Waals surface area contributed by atoms with Crippen molar-refractivity contribution >= 4 is 28.2 Å². The van der Waals surface area contributed by atoms with Crippen LogP contribution in [0.1, 0.15) is 47.6 Å². The first-order valence-corrected chi connectivity index (χ1v) is 9.88. The lowest BCUT2D eigenvalue weighted by molar-refractivity contribution is 0.102. The second-order valence-electron chi connectivity index (χ2n) is 6.12. The lowest BCUT2D eigenvalue weighted by Gasteiger charge is -2.13. The van der Waals surface area contributed by atoms with Crippen molar-refractivity contribution in [3.63, 3.8) is 0 Å². The Morgan fingerprint density at radius 1 is 1.22 bits per heavy atom. The summed E-state index contributed by atoms with van der Waals surface area (Å²) < 4.78 is 13.1. The molecule has 1 N–H and O–H groups in total. The van der Waals surface area contributed by atoms with Gasteiger partial charge in [-0.1, -0.05) is 24.7 Å². The van der Waals surface area contributed by atoms with Gasteiger partial charge in [0.05, 0.1) is 18.9 Å². The van der Waals surface area contributed by atoms with Crippen LogP contribution in [0.4, 0.5) is 5.95 Å². The molecule has 144 valence electrons. The molecule has 0 unspecified atom stereocenters. The first-order valence-electron chi connectivity index (χ1n) is 9.07. The summed E-state index contributed by atoms with van der Waals surface area (Å²) >= 11 is 1.54. The van der Waals surface area contributed by atoms with Gasteiger partial charge >= 0.3 is 0 Å². The van der Waals surface area contributed by atoms with Crippen LogP contribution in [-0.4, -0.2) is 33.7 Å². The van der Waals surface area contributed by atoms with Crippen LogP contribution in [0.5, 0.6) is 11.5 Å². The third-order valence-electron chi connectivity index (χ3n) is 4.14. The van der Waals surface area contributed by atoms with Crippen LogP contribution < -0.4 is 14.8 Å². The molecule has 2 heterocycles. The third kappa shape index (κ3) is 4.21. The van der Waals surface area contributed by atoms with E-state index in [2.05, 4.69) is 22.3 Å². The molecule has 0 atom stereocenters. The Bertz CT molecular complexity index is 948. The average molecular weight is 388 g/mol. The fourth-order valence-corrected chi connectivity index (χ4v) is 3.44. The summed E-state index contributed by atoms with van der Waals surface area (Å²) in [5.41, 5.74) is 1.49. The smallest absolute Gasteiger partial charge is 0.258 e. The number of nitrogens with one attached hydrogen (secondary N) is 1. The molecular formula is C19H24N4O3S. The minimum Gasteiger partial charge on any atom is -0.490 e. The van der Waals surface area contributed by atoms with Gasteiger partial charge in [-0.3, -0.25) is 10.1 Å². The van der Waals surface area contributed by atoms with Crippen LogP contribution >= 0.6 is 11.3 Å². The van der Waals surface area contributed by atoms with Gasteiger partial charge in [-0.25, -0.2) is 4.52 Å². The van der Waals surface area contributed by atoms with Gasteiger partial charge in [0.15, 0.2) is 11.5 Å². The molecule has 1 amide bonds. The van der Waals surface area contributed by atoms with Gasteiger partial charge in [0.2, 0.25) is 4.96 Å². The molecule has 3 rings (SSSR count). The summed E-state index contributed by atoms with van der Waals surface area (Å²) in [4.78, 5) is 18.9. The van der Waals surface area contributed by atoms with E-state index in [0.717, 1.165) is 28.4 Å². The number of carbonyl (C=O) groups excluding carboxylic acids is 1. The van der Waals surface area contributed by atoms with Crippen LogP contribution in [0.3, 0.4) is 0 Å². The quantitative estimate of drug-likeness (QED) is 0.584. The molecule has 8 heteroatoms. The van der Waals surface area contributed by atoms with E-state index in [1.165, 1.54) is 0 Å². The van der Waals surface area contributed by atoms with Crippen LogP contribution in [0.2, 0.25) is 0 Å². The summed E-state index contributed by atoms with van der Waals surface area (Å²) in [6.07, 6.45) is 2.02. The molecule has 0 aliphatic carbocycles. The van der Waals surface area contributed by atoms with Crippen molar-refractivity contribution in [2.45, 2.75) is 40.5 Å². The fraction of sp³-hybridized carbons (Fsp3) is 0.421. The number of nitrogens with zero attached hydrogens (tertiary/aromatic N) is 3. The van der Waals surface area contributed by atoms with Crippen molar-refractivity contribution in [2.75, 3.05) is 18.5 Å². The van der Waals surface area contributed by atoms with E-state index in [1.807, 2.05) is 20.8 Å². The lowest BCUT2D eigenvalue weighted by Crippen LogP contribution is -2.13. The third-order valence-corrected chi connectivity index (χ3v) is 5.18. The van der Waals surface area contributed by atoms with Gasteiger partial charge in [0, 0.05) is 10.4 Å². The minimum absolute atomic E-state index is 0.288. The monoisotopic (exact) mass is 388 g/mol. The molecule has 0 spiro atoms. The molecule has 0 saturated carbocycles. The Morgan fingerprint density at radius 3 is 2.74 bits per heavy atom. The molecule has 0 aliphatic rings. The number of hydrogen-bond acceptors (Lipinski definition) is 6. The highest BCUT2D eigenvalue weighted by atomic mass is 32.1. The fourth-order valence-electron chi connectivity index (χ4n) is 2.53. The number of hydrogen-bond donors (Lipinski definition) is 1. The zero-order valence-electron chi connectivity index (χ0n) is 16.0. The number of aromatic nitrogens is 3. The molecule has 7 nitrogen and oxygen atoms in total. The highest BCUT2D eigenvalue weighted by Gasteiger charge is 2.16. The molecule has 0 bridgehead atoms. The Kier molecular flexibility index (Phi) is 5.95. The normalized spacial score (nSPS) is 11.0. The van der Waals surface area contributed by atoms with E-state index in [9.17, 15) is 4.79 Å². The maximum atomic E-state index is 12.6. The number of amides is 1. The number of aryl methyl sites for hydroxylation is 2. The number of carbonyl (C=O) groups is 1. The molecule has 0 aliphatic heterocycles. The minimum atomic E-state index is -0.288. The van der Waals surface area contributed by atoms with Gasteiger partial charge in [-0.05, 0) is 45.4 Å². The average Bonchev–Trinajstić information content (AvgIpc) is 3.15. The number of fused-ring (bicyclic) bond motifs is 1. The number of anilines is 1. The number of benzene rings is 1. The summed E-state index contributed by atoms with van der Waals surface area (Å²) in [5, 5.41) is 7.10. The Hall–Kier alpha value is -2.61. The van der Waals surface area contributed by atoms with Gasteiger partial charge < -0.3 is 9.47 Å². The predicted octanol–water partition coefficient (Wildman–Crippen LogP) is 4.24. The summed E-state index contributed by atoms with van der Waals surface area (Å²) in [6.45, 7) is 9.12. The standard InChI is InChI=1S/C19H24N4O3S/c1-5-7-10-26-15-9-8-14(11-16(15)25-6-2)17(24)20-18-21-19-23(22-18)12(3)13(4)27-19/h8-9,11H,5-7,10H2,1-4H3,(H,20,22,24). The van der Waals surface area contributed by atoms with Gasteiger partial charge in [0.1, 0.15) is 0 Å². The Balaban J connectivity index is 1.77. The molecule has 1 aromatic carbocycles. The van der Waals surface area contributed by atoms with Gasteiger partial charge in [-0.2, -0.15) is 4.98 Å². The zero-order valence-corrected chi connectivity index (χ0v) is 16.9. The molecule has 3 aromatic rings. The predicted molar refractivity (Wildman–Crippen MR) is 106 cm³/mol. The molecule has 0 saturated heterocycles. The second-order valence-corrected chi connectivity index (χ2v) is 7.31. The molecule has 0 radical (unpaired) electrons. The SMILES string of the molecule is CCCCOc1ccc(C(=O)Nc2nc3sc(C)c(C)n3n2)cc1OCC.